The molecule has 138 valence electrons. The summed E-state index contributed by atoms with van der Waals surface area (Å²) < 4.78 is 5.74. The number of hydrogen-bond donors (Lipinski definition) is 1. The summed E-state index contributed by atoms with van der Waals surface area (Å²) in [4.78, 5) is 26.7. The number of carbonyl (C=O) groups is 2. The Labute approximate surface area is 154 Å². The maximum absolute atomic E-state index is 12.8. The number of ether oxygens (including phenoxy) is 1. The minimum atomic E-state index is -1.56. The molecule has 5 heteroatoms. The van der Waals surface area contributed by atoms with E-state index in [1.54, 1.807) is 0 Å². The smallest absolute Gasteiger partial charge is 0.303 e. The van der Waals surface area contributed by atoms with Crippen LogP contribution in [-0.4, -0.2) is 36.5 Å². The van der Waals surface area contributed by atoms with Gasteiger partial charge >= 0.3 is 5.97 Å². The number of esters is 1. The second kappa shape index (κ2) is 8.15. The van der Waals surface area contributed by atoms with Crippen molar-refractivity contribution in [2.24, 2.45) is 5.73 Å². The Morgan fingerprint density at radius 3 is 1.81 bits per heavy atom. The van der Waals surface area contributed by atoms with Gasteiger partial charge in [0.2, 0.25) is 5.60 Å². The number of nitrogens with zero attached hydrogens (tertiary/aromatic N) is 1. The Bertz CT molecular complexity index is 746. The molecule has 0 spiro atoms. The lowest BCUT2D eigenvalue weighted by molar-refractivity contribution is -0.176. The molecule has 3 atom stereocenters. The Morgan fingerprint density at radius 1 is 0.962 bits per heavy atom. The summed E-state index contributed by atoms with van der Waals surface area (Å²) in [5, 5.41) is 0. The van der Waals surface area contributed by atoms with Crippen molar-refractivity contribution >= 4 is 11.9 Å². The van der Waals surface area contributed by atoms with Crippen molar-refractivity contribution < 1.29 is 14.3 Å². The van der Waals surface area contributed by atoms with E-state index < -0.39 is 29.4 Å². The number of amides is 1. The van der Waals surface area contributed by atoms with Crippen molar-refractivity contribution in [2.45, 2.75) is 31.4 Å². The summed E-state index contributed by atoms with van der Waals surface area (Å²) in [6.07, 6.45) is 0. The zero-order valence-electron chi connectivity index (χ0n) is 15.7. The molecule has 3 unspecified atom stereocenters. The van der Waals surface area contributed by atoms with Crippen LogP contribution in [0.25, 0.3) is 0 Å². The van der Waals surface area contributed by atoms with Gasteiger partial charge in [0.25, 0.3) is 5.91 Å². The molecular formula is C21H26N2O3. The molecule has 2 aromatic rings. The van der Waals surface area contributed by atoms with Gasteiger partial charge in [-0.05, 0) is 25.2 Å². The van der Waals surface area contributed by atoms with E-state index in [2.05, 4.69) is 0 Å². The number of primary amides is 1. The Hall–Kier alpha value is -2.66. The van der Waals surface area contributed by atoms with Crippen LogP contribution < -0.4 is 5.73 Å². The highest BCUT2D eigenvalue weighted by atomic mass is 16.6. The molecule has 0 aromatic heterocycles. The first-order valence-electron chi connectivity index (χ1n) is 8.56. The van der Waals surface area contributed by atoms with E-state index >= 15 is 0 Å². The maximum atomic E-state index is 12.8. The van der Waals surface area contributed by atoms with Gasteiger partial charge in [0.15, 0.2) is 0 Å². The highest BCUT2D eigenvalue weighted by Crippen LogP contribution is 2.43. The van der Waals surface area contributed by atoms with E-state index in [-0.39, 0.29) is 0 Å². The van der Waals surface area contributed by atoms with Crippen LogP contribution in [0.5, 0.6) is 0 Å². The first-order chi connectivity index (χ1) is 12.3. The van der Waals surface area contributed by atoms with Crippen molar-refractivity contribution in [3.05, 3.63) is 71.8 Å². The topological polar surface area (TPSA) is 72.6 Å². The lowest BCUT2D eigenvalue weighted by Gasteiger charge is -2.44. The average molecular weight is 354 g/mol. The first kappa shape index (κ1) is 19.7. The van der Waals surface area contributed by atoms with Gasteiger partial charge in [-0.3, -0.25) is 14.5 Å². The minimum absolute atomic E-state index is 0.447. The molecule has 0 saturated carbocycles. The van der Waals surface area contributed by atoms with Crippen LogP contribution in [0, 0.1) is 0 Å². The Balaban J connectivity index is 2.72. The zero-order valence-corrected chi connectivity index (χ0v) is 15.7. The monoisotopic (exact) mass is 354 g/mol. The molecule has 2 N–H and O–H groups in total. The molecule has 0 bridgehead atoms. The fraction of sp³-hybridized carbons (Fsp3) is 0.333. The second-order valence-electron chi connectivity index (χ2n) is 6.66. The summed E-state index contributed by atoms with van der Waals surface area (Å²) in [5.74, 6) is -1.67. The fourth-order valence-electron chi connectivity index (χ4n) is 3.57. The first-order valence-corrected chi connectivity index (χ1v) is 8.56. The largest absolute Gasteiger partial charge is 0.446 e. The van der Waals surface area contributed by atoms with Gasteiger partial charge in [-0.2, -0.15) is 0 Å². The number of rotatable bonds is 7. The highest BCUT2D eigenvalue weighted by Gasteiger charge is 2.54. The molecule has 1 amide bonds. The van der Waals surface area contributed by atoms with Gasteiger partial charge in [0, 0.05) is 12.8 Å². The Kier molecular flexibility index (Phi) is 6.16. The van der Waals surface area contributed by atoms with Crippen LogP contribution in [0.1, 0.15) is 36.9 Å². The summed E-state index contributed by atoms with van der Waals surface area (Å²) in [7, 11) is 3.69. The number of hydrogen-bond acceptors (Lipinski definition) is 4. The third-order valence-electron chi connectivity index (χ3n) is 4.68. The molecular weight excluding hydrogens is 328 g/mol. The third kappa shape index (κ3) is 3.78. The lowest BCUT2D eigenvalue weighted by Crippen LogP contribution is -2.58. The van der Waals surface area contributed by atoms with Crippen LogP contribution in [0.2, 0.25) is 0 Å². The third-order valence-corrected chi connectivity index (χ3v) is 4.68. The summed E-state index contributed by atoms with van der Waals surface area (Å²) in [6.45, 7) is 3.16. The summed E-state index contributed by atoms with van der Waals surface area (Å²) >= 11 is 0. The number of carbonyl (C=O) groups excluding carboxylic acids is 2. The molecule has 0 heterocycles. The number of benzene rings is 2. The van der Waals surface area contributed by atoms with Crippen molar-refractivity contribution in [1.29, 1.82) is 0 Å². The van der Waals surface area contributed by atoms with E-state index in [0.717, 1.165) is 11.1 Å². The van der Waals surface area contributed by atoms with Crippen LogP contribution in [-0.2, 0) is 14.3 Å². The molecule has 2 aromatic carbocycles. The van der Waals surface area contributed by atoms with E-state index in [4.69, 9.17) is 10.5 Å². The zero-order chi connectivity index (χ0) is 19.3. The molecule has 2 rings (SSSR count). The standard InChI is InChI=1S/C21H26N2O3/c1-15(17-11-7-5-8-12-17)21(20(22)25,26-16(2)24)19(23(3)4)18-13-9-6-10-14-18/h5-15,19H,1-4H3,(H2,22,25). The van der Waals surface area contributed by atoms with Crippen LogP contribution >= 0.6 is 0 Å². The van der Waals surface area contributed by atoms with Gasteiger partial charge in [-0.15, -0.1) is 0 Å². The van der Waals surface area contributed by atoms with Gasteiger partial charge in [-0.1, -0.05) is 67.6 Å². The van der Waals surface area contributed by atoms with E-state index in [0.29, 0.717) is 0 Å². The maximum Gasteiger partial charge on any atom is 0.303 e. The molecule has 0 fully saturated rings. The van der Waals surface area contributed by atoms with Crippen LogP contribution in [0.15, 0.2) is 60.7 Å². The van der Waals surface area contributed by atoms with Crippen molar-refractivity contribution in [3.8, 4) is 0 Å². The predicted octanol–water partition coefficient (Wildman–Crippen LogP) is 2.88. The molecule has 0 radical (unpaired) electrons. The van der Waals surface area contributed by atoms with E-state index in [1.165, 1.54) is 6.92 Å². The lowest BCUT2D eigenvalue weighted by atomic mass is 9.74. The number of nitrogens with two attached hydrogens (primary N) is 1. The molecule has 0 saturated heterocycles. The molecule has 0 aliphatic carbocycles. The normalized spacial score (nSPS) is 15.7. The van der Waals surface area contributed by atoms with Crippen LogP contribution in [0.4, 0.5) is 0 Å². The molecule has 5 nitrogen and oxygen atoms in total. The minimum Gasteiger partial charge on any atom is -0.446 e. The molecule has 0 aliphatic rings. The predicted molar refractivity (Wildman–Crippen MR) is 101 cm³/mol. The number of likely N-dealkylation sites (N-methyl/N-ethyl adjacent to an activating group) is 1. The van der Waals surface area contributed by atoms with Gasteiger partial charge in [0.1, 0.15) is 0 Å². The Morgan fingerprint density at radius 2 is 1.42 bits per heavy atom. The van der Waals surface area contributed by atoms with E-state index in [9.17, 15) is 9.59 Å². The van der Waals surface area contributed by atoms with Crippen LogP contribution in [0.3, 0.4) is 0 Å². The van der Waals surface area contributed by atoms with Crippen molar-refractivity contribution in [3.63, 3.8) is 0 Å². The fourth-order valence-corrected chi connectivity index (χ4v) is 3.57. The average Bonchev–Trinajstić information content (AvgIpc) is 2.61. The highest BCUT2D eigenvalue weighted by molar-refractivity contribution is 5.88. The second-order valence-corrected chi connectivity index (χ2v) is 6.66. The van der Waals surface area contributed by atoms with Crippen molar-refractivity contribution in [1.82, 2.24) is 4.90 Å². The quantitative estimate of drug-likeness (QED) is 0.776. The van der Waals surface area contributed by atoms with Gasteiger partial charge < -0.3 is 10.5 Å². The summed E-state index contributed by atoms with van der Waals surface area (Å²) in [5.41, 5.74) is 6.05. The SMILES string of the molecule is CC(=O)OC(C(N)=O)(C(C)c1ccccc1)C(c1ccccc1)N(C)C. The molecule has 0 aliphatic heterocycles. The summed E-state index contributed by atoms with van der Waals surface area (Å²) in [6, 6.07) is 18.4. The van der Waals surface area contributed by atoms with Gasteiger partial charge in [-0.25, -0.2) is 0 Å². The van der Waals surface area contributed by atoms with E-state index in [1.807, 2.05) is 86.6 Å². The van der Waals surface area contributed by atoms with Gasteiger partial charge in [0.05, 0.1) is 6.04 Å². The molecule has 26 heavy (non-hydrogen) atoms. The van der Waals surface area contributed by atoms with Crippen molar-refractivity contribution in [2.75, 3.05) is 14.1 Å².